The Morgan fingerprint density at radius 3 is 2.18 bits per heavy atom. The number of carbonyl (C=O) groups excluding carboxylic acids is 1. The van der Waals surface area contributed by atoms with E-state index in [-0.39, 0.29) is 4.90 Å². The Labute approximate surface area is 167 Å². The van der Waals surface area contributed by atoms with Crippen molar-refractivity contribution in [2.24, 2.45) is 5.14 Å². The second-order valence-electron chi connectivity index (χ2n) is 5.98. The van der Waals surface area contributed by atoms with E-state index in [4.69, 9.17) is 16.7 Å². The third-order valence-electron chi connectivity index (χ3n) is 3.91. The van der Waals surface area contributed by atoms with Crippen molar-refractivity contribution in [2.45, 2.75) is 11.8 Å². The summed E-state index contributed by atoms with van der Waals surface area (Å²) in [6.07, 6.45) is 0. The van der Waals surface area contributed by atoms with E-state index in [0.717, 1.165) is 11.3 Å². The molecule has 9 heteroatoms. The fraction of sp³-hybridized carbons (Fsp3) is 0.0526. The molecule has 0 unspecified atom stereocenters. The zero-order chi connectivity index (χ0) is 20.3. The highest BCUT2D eigenvalue weighted by Gasteiger charge is 2.10. The van der Waals surface area contributed by atoms with Crippen molar-refractivity contribution in [1.29, 1.82) is 0 Å². The number of rotatable bonds is 4. The lowest BCUT2D eigenvalue weighted by atomic mass is 10.1. The normalized spacial score (nSPS) is 11.1. The Balaban J connectivity index is 1.69. The monoisotopic (exact) mass is 416 g/mol. The van der Waals surface area contributed by atoms with Gasteiger partial charge < -0.3 is 10.6 Å². The topological polar surface area (TPSA) is 114 Å². The largest absolute Gasteiger partial charge is 0.323 e. The van der Waals surface area contributed by atoms with Gasteiger partial charge in [-0.2, -0.15) is 0 Å². The summed E-state index contributed by atoms with van der Waals surface area (Å²) in [6.45, 7) is 1.79. The second kappa shape index (κ2) is 7.97. The van der Waals surface area contributed by atoms with Crippen LogP contribution >= 0.6 is 11.6 Å². The van der Waals surface area contributed by atoms with E-state index in [2.05, 4.69) is 15.6 Å². The summed E-state index contributed by atoms with van der Waals surface area (Å²) in [5.41, 5.74) is 3.30. The number of aryl methyl sites for hydroxylation is 1. The number of sulfonamides is 1. The van der Waals surface area contributed by atoms with Gasteiger partial charge in [0.05, 0.1) is 22.0 Å². The van der Waals surface area contributed by atoms with Crippen molar-refractivity contribution in [3.8, 4) is 11.3 Å². The highest BCUT2D eigenvalue weighted by molar-refractivity contribution is 7.89. The number of amides is 2. The van der Waals surface area contributed by atoms with Crippen molar-refractivity contribution in [3.63, 3.8) is 0 Å². The SMILES string of the molecule is Cc1nc(-c2ccc(Cl)cc2)ccc1NC(=O)Nc1ccc(S(N)(=O)=O)cc1. The highest BCUT2D eigenvalue weighted by Crippen LogP contribution is 2.23. The molecule has 2 aromatic carbocycles. The summed E-state index contributed by atoms with van der Waals surface area (Å²) < 4.78 is 22.5. The molecular formula is C19H17ClN4O3S. The van der Waals surface area contributed by atoms with Gasteiger partial charge >= 0.3 is 6.03 Å². The highest BCUT2D eigenvalue weighted by atomic mass is 35.5. The van der Waals surface area contributed by atoms with Crippen LogP contribution in [0.4, 0.5) is 16.2 Å². The number of urea groups is 1. The van der Waals surface area contributed by atoms with Crippen LogP contribution in [0, 0.1) is 6.92 Å². The Hall–Kier alpha value is -2.94. The fourth-order valence-corrected chi connectivity index (χ4v) is 3.13. The quantitative estimate of drug-likeness (QED) is 0.596. The van der Waals surface area contributed by atoms with Crippen molar-refractivity contribution in [3.05, 3.63) is 71.4 Å². The number of pyridine rings is 1. The molecule has 0 aliphatic heterocycles. The van der Waals surface area contributed by atoms with Crippen LogP contribution in [0.2, 0.25) is 5.02 Å². The molecule has 7 nitrogen and oxygen atoms in total. The summed E-state index contributed by atoms with van der Waals surface area (Å²) in [6, 6.07) is 15.9. The molecule has 4 N–H and O–H groups in total. The molecule has 28 heavy (non-hydrogen) atoms. The predicted molar refractivity (Wildman–Crippen MR) is 110 cm³/mol. The molecule has 0 bridgehead atoms. The molecule has 0 spiro atoms. The zero-order valence-corrected chi connectivity index (χ0v) is 16.4. The molecule has 2 amide bonds. The van der Waals surface area contributed by atoms with Crippen LogP contribution in [0.25, 0.3) is 11.3 Å². The molecule has 0 atom stereocenters. The van der Waals surface area contributed by atoms with Crippen LogP contribution < -0.4 is 15.8 Å². The Morgan fingerprint density at radius 1 is 0.964 bits per heavy atom. The molecule has 0 saturated carbocycles. The number of benzene rings is 2. The van der Waals surface area contributed by atoms with Gasteiger partial charge in [-0.25, -0.2) is 18.4 Å². The number of nitrogens with zero attached hydrogens (tertiary/aromatic N) is 1. The van der Waals surface area contributed by atoms with Crippen LogP contribution in [-0.2, 0) is 10.0 Å². The maximum atomic E-state index is 12.2. The average Bonchev–Trinajstić information content (AvgIpc) is 2.64. The Bertz CT molecular complexity index is 1110. The van der Waals surface area contributed by atoms with E-state index in [0.29, 0.717) is 22.1 Å². The first-order chi connectivity index (χ1) is 13.2. The minimum absolute atomic E-state index is 0.0312. The van der Waals surface area contributed by atoms with Gasteiger partial charge in [0.1, 0.15) is 0 Å². The minimum Gasteiger partial charge on any atom is -0.308 e. The van der Waals surface area contributed by atoms with Crippen molar-refractivity contribution in [2.75, 3.05) is 10.6 Å². The molecule has 3 aromatic rings. The van der Waals surface area contributed by atoms with Gasteiger partial charge in [-0.3, -0.25) is 4.98 Å². The first-order valence-corrected chi connectivity index (χ1v) is 10.1. The van der Waals surface area contributed by atoms with Crippen LogP contribution in [-0.4, -0.2) is 19.4 Å². The van der Waals surface area contributed by atoms with Gasteiger partial charge in [-0.15, -0.1) is 0 Å². The Morgan fingerprint density at radius 2 is 1.61 bits per heavy atom. The van der Waals surface area contributed by atoms with Crippen molar-refractivity contribution in [1.82, 2.24) is 4.98 Å². The van der Waals surface area contributed by atoms with Crippen molar-refractivity contribution >= 4 is 39.0 Å². The lowest BCUT2D eigenvalue weighted by Gasteiger charge is -2.11. The summed E-state index contributed by atoms with van der Waals surface area (Å²) in [5.74, 6) is 0. The van der Waals surface area contributed by atoms with Crippen LogP contribution in [0.1, 0.15) is 5.69 Å². The Kier molecular flexibility index (Phi) is 5.64. The van der Waals surface area contributed by atoms with E-state index in [9.17, 15) is 13.2 Å². The maximum Gasteiger partial charge on any atom is 0.323 e. The molecule has 1 aromatic heterocycles. The van der Waals surface area contributed by atoms with E-state index in [1.807, 2.05) is 12.1 Å². The van der Waals surface area contributed by atoms with E-state index < -0.39 is 16.1 Å². The number of aromatic nitrogens is 1. The maximum absolute atomic E-state index is 12.2. The molecule has 3 rings (SSSR count). The summed E-state index contributed by atoms with van der Waals surface area (Å²) in [4.78, 5) is 16.7. The number of primary sulfonamides is 1. The van der Waals surface area contributed by atoms with Gasteiger partial charge in [0, 0.05) is 16.3 Å². The number of hydrogen-bond acceptors (Lipinski definition) is 4. The number of nitrogens with one attached hydrogen (secondary N) is 2. The predicted octanol–water partition coefficient (Wildman–Crippen LogP) is 4.00. The molecule has 0 fully saturated rings. The van der Waals surface area contributed by atoms with E-state index in [1.54, 1.807) is 31.2 Å². The summed E-state index contributed by atoms with van der Waals surface area (Å²) in [5, 5.41) is 11.0. The van der Waals surface area contributed by atoms with Crippen LogP contribution in [0.3, 0.4) is 0 Å². The first-order valence-electron chi connectivity index (χ1n) is 8.17. The number of anilines is 2. The summed E-state index contributed by atoms with van der Waals surface area (Å²) in [7, 11) is -3.78. The minimum atomic E-state index is -3.78. The van der Waals surface area contributed by atoms with E-state index in [1.165, 1.54) is 24.3 Å². The van der Waals surface area contributed by atoms with Gasteiger partial charge in [-0.05, 0) is 55.5 Å². The van der Waals surface area contributed by atoms with Gasteiger partial charge in [0.25, 0.3) is 0 Å². The lowest BCUT2D eigenvalue weighted by molar-refractivity contribution is 0.262. The fourth-order valence-electron chi connectivity index (χ4n) is 2.49. The number of carbonyl (C=O) groups is 1. The zero-order valence-electron chi connectivity index (χ0n) is 14.8. The number of nitrogens with two attached hydrogens (primary N) is 1. The molecule has 0 aliphatic rings. The average molecular weight is 417 g/mol. The third-order valence-corrected chi connectivity index (χ3v) is 5.10. The molecule has 0 radical (unpaired) electrons. The van der Waals surface area contributed by atoms with Gasteiger partial charge in [0.2, 0.25) is 10.0 Å². The summed E-state index contributed by atoms with van der Waals surface area (Å²) >= 11 is 5.90. The number of halogens is 1. The van der Waals surface area contributed by atoms with E-state index >= 15 is 0 Å². The smallest absolute Gasteiger partial charge is 0.308 e. The standard InChI is InChI=1S/C19H17ClN4O3S/c1-12-17(10-11-18(22-12)13-2-4-14(20)5-3-13)24-19(25)23-15-6-8-16(9-7-15)28(21,26)27/h2-11H,1H3,(H2,21,26,27)(H2,23,24,25). The van der Waals surface area contributed by atoms with Crippen molar-refractivity contribution < 1.29 is 13.2 Å². The second-order valence-corrected chi connectivity index (χ2v) is 7.98. The molecular weight excluding hydrogens is 400 g/mol. The molecule has 1 heterocycles. The van der Waals surface area contributed by atoms with Crippen LogP contribution in [0.5, 0.6) is 0 Å². The molecule has 0 aliphatic carbocycles. The third kappa shape index (κ3) is 4.86. The molecule has 144 valence electrons. The van der Waals surface area contributed by atoms with Crippen LogP contribution in [0.15, 0.2) is 65.6 Å². The van der Waals surface area contributed by atoms with Gasteiger partial charge in [0.15, 0.2) is 0 Å². The van der Waals surface area contributed by atoms with Gasteiger partial charge in [-0.1, -0.05) is 23.7 Å². The molecule has 0 saturated heterocycles. The first kappa shape index (κ1) is 19.8. The number of hydrogen-bond donors (Lipinski definition) is 3. The lowest BCUT2D eigenvalue weighted by Crippen LogP contribution is -2.20.